The second kappa shape index (κ2) is 7.92. The fourth-order valence-corrected chi connectivity index (χ4v) is 2.29. The number of hydrogen-bond acceptors (Lipinski definition) is 3. The summed E-state index contributed by atoms with van der Waals surface area (Å²) in [5.74, 6) is 0.447. The van der Waals surface area contributed by atoms with E-state index < -0.39 is 0 Å². The van der Waals surface area contributed by atoms with Gasteiger partial charge in [-0.3, -0.25) is 4.79 Å². The van der Waals surface area contributed by atoms with Crippen molar-refractivity contribution in [2.24, 2.45) is 0 Å². The quantitative estimate of drug-likeness (QED) is 0.607. The number of carbonyl (C=O) groups excluding carboxylic acids is 1. The van der Waals surface area contributed by atoms with Gasteiger partial charge >= 0.3 is 0 Å². The SMILES string of the molecule is Nc1ccccc1NC(=O)CCCOc1ccc(Cl)cc1Cl. The van der Waals surface area contributed by atoms with E-state index in [2.05, 4.69) is 5.32 Å². The Morgan fingerprint density at radius 2 is 1.95 bits per heavy atom. The lowest BCUT2D eigenvalue weighted by molar-refractivity contribution is -0.116. The van der Waals surface area contributed by atoms with Crippen LogP contribution in [0.15, 0.2) is 42.5 Å². The molecule has 0 spiro atoms. The summed E-state index contributed by atoms with van der Waals surface area (Å²) in [6.45, 7) is 0.388. The van der Waals surface area contributed by atoms with E-state index >= 15 is 0 Å². The summed E-state index contributed by atoms with van der Waals surface area (Å²) in [5.41, 5.74) is 6.92. The maximum atomic E-state index is 11.8. The topological polar surface area (TPSA) is 64.3 Å². The lowest BCUT2D eigenvalue weighted by Crippen LogP contribution is -2.13. The second-order valence-electron chi connectivity index (χ2n) is 4.66. The lowest BCUT2D eigenvalue weighted by Gasteiger charge is -2.09. The molecule has 0 saturated carbocycles. The molecular weight excluding hydrogens is 323 g/mol. The average molecular weight is 339 g/mol. The molecule has 2 aromatic rings. The number of amides is 1. The monoisotopic (exact) mass is 338 g/mol. The molecule has 0 bridgehead atoms. The van der Waals surface area contributed by atoms with Gasteiger partial charge in [0, 0.05) is 11.4 Å². The minimum Gasteiger partial charge on any atom is -0.492 e. The number of para-hydroxylation sites is 2. The van der Waals surface area contributed by atoms with Gasteiger partial charge in [-0.15, -0.1) is 0 Å². The van der Waals surface area contributed by atoms with Crippen LogP contribution >= 0.6 is 23.2 Å². The normalized spacial score (nSPS) is 10.3. The molecule has 0 fully saturated rings. The van der Waals surface area contributed by atoms with Crippen molar-refractivity contribution in [1.82, 2.24) is 0 Å². The molecule has 0 heterocycles. The molecular formula is C16H16Cl2N2O2. The molecule has 22 heavy (non-hydrogen) atoms. The summed E-state index contributed by atoms with van der Waals surface area (Å²) in [5, 5.41) is 3.77. The van der Waals surface area contributed by atoms with Crippen molar-refractivity contribution >= 4 is 40.5 Å². The van der Waals surface area contributed by atoms with Crippen LogP contribution in [0.4, 0.5) is 11.4 Å². The van der Waals surface area contributed by atoms with Crippen molar-refractivity contribution in [3.8, 4) is 5.75 Å². The highest BCUT2D eigenvalue weighted by Crippen LogP contribution is 2.27. The van der Waals surface area contributed by atoms with Crippen molar-refractivity contribution in [2.45, 2.75) is 12.8 Å². The van der Waals surface area contributed by atoms with Crippen LogP contribution in [0.1, 0.15) is 12.8 Å². The molecule has 0 atom stereocenters. The molecule has 116 valence electrons. The molecule has 0 saturated heterocycles. The van der Waals surface area contributed by atoms with E-state index in [4.69, 9.17) is 33.7 Å². The highest BCUT2D eigenvalue weighted by Gasteiger charge is 2.06. The van der Waals surface area contributed by atoms with Crippen molar-refractivity contribution in [3.05, 3.63) is 52.5 Å². The Bertz CT molecular complexity index is 662. The Labute approximate surface area is 139 Å². The van der Waals surface area contributed by atoms with Gasteiger partial charge in [-0.25, -0.2) is 0 Å². The molecule has 0 aliphatic rings. The first-order chi connectivity index (χ1) is 10.6. The summed E-state index contributed by atoms with van der Waals surface area (Å²) in [6.07, 6.45) is 0.900. The highest BCUT2D eigenvalue weighted by atomic mass is 35.5. The number of halogens is 2. The van der Waals surface area contributed by atoms with Crippen LogP contribution in [0.25, 0.3) is 0 Å². The fourth-order valence-electron chi connectivity index (χ4n) is 1.83. The first-order valence-electron chi connectivity index (χ1n) is 6.78. The van der Waals surface area contributed by atoms with Crippen LogP contribution in [-0.2, 0) is 4.79 Å². The van der Waals surface area contributed by atoms with E-state index in [9.17, 15) is 4.79 Å². The smallest absolute Gasteiger partial charge is 0.224 e. The zero-order valence-electron chi connectivity index (χ0n) is 11.8. The maximum Gasteiger partial charge on any atom is 0.224 e. The minimum absolute atomic E-state index is 0.108. The Morgan fingerprint density at radius 1 is 1.18 bits per heavy atom. The predicted molar refractivity (Wildman–Crippen MR) is 90.7 cm³/mol. The first kappa shape index (κ1) is 16.5. The number of ether oxygens (including phenoxy) is 1. The summed E-state index contributed by atoms with van der Waals surface area (Å²) in [6, 6.07) is 12.1. The minimum atomic E-state index is -0.108. The Kier molecular flexibility index (Phi) is 5.92. The van der Waals surface area contributed by atoms with Gasteiger partial charge < -0.3 is 15.8 Å². The number of nitrogen functional groups attached to an aromatic ring is 1. The van der Waals surface area contributed by atoms with E-state index in [1.54, 1.807) is 30.3 Å². The maximum absolute atomic E-state index is 11.8. The van der Waals surface area contributed by atoms with Gasteiger partial charge in [-0.1, -0.05) is 35.3 Å². The van der Waals surface area contributed by atoms with Crippen LogP contribution in [0.3, 0.4) is 0 Å². The summed E-state index contributed by atoms with van der Waals surface area (Å²) in [7, 11) is 0. The lowest BCUT2D eigenvalue weighted by atomic mass is 10.2. The molecule has 2 rings (SSSR count). The van der Waals surface area contributed by atoms with Gasteiger partial charge in [0.2, 0.25) is 5.91 Å². The third-order valence-electron chi connectivity index (χ3n) is 2.93. The number of rotatable bonds is 6. The molecule has 0 unspecified atom stereocenters. The standard InChI is InChI=1S/C16H16Cl2N2O2/c17-11-7-8-15(12(18)10-11)22-9-3-6-16(21)20-14-5-2-1-4-13(14)19/h1-2,4-5,7-8,10H,3,6,9,19H2,(H,20,21). The van der Waals surface area contributed by atoms with Gasteiger partial charge in [-0.05, 0) is 36.8 Å². The average Bonchev–Trinajstić information content (AvgIpc) is 2.48. The Morgan fingerprint density at radius 3 is 2.68 bits per heavy atom. The molecule has 0 aliphatic carbocycles. The molecule has 0 aromatic heterocycles. The summed E-state index contributed by atoms with van der Waals surface area (Å²) < 4.78 is 5.52. The van der Waals surface area contributed by atoms with E-state index in [1.165, 1.54) is 0 Å². The summed E-state index contributed by atoms with van der Waals surface area (Å²) >= 11 is 11.8. The van der Waals surface area contributed by atoms with Crippen molar-refractivity contribution in [3.63, 3.8) is 0 Å². The molecule has 0 aliphatic heterocycles. The van der Waals surface area contributed by atoms with Crippen molar-refractivity contribution in [2.75, 3.05) is 17.7 Å². The van der Waals surface area contributed by atoms with Gasteiger partial charge in [-0.2, -0.15) is 0 Å². The zero-order valence-corrected chi connectivity index (χ0v) is 13.3. The Balaban J connectivity index is 1.74. The number of anilines is 2. The van der Waals surface area contributed by atoms with Crippen LogP contribution in [0.5, 0.6) is 5.75 Å². The van der Waals surface area contributed by atoms with E-state index in [0.29, 0.717) is 46.6 Å². The van der Waals surface area contributed by atoms with Crippen LogP contribution in [0, 0.1) is 0 Å². The third-order valence-corrected chi connectivity index (χ3v) is 3.47. The van der Waals surface area contributed by atoms with Crippen molar-refractivity contribution in [1.29, 1.82) is 0 Å². The summed E-state index contributed by atoms with van der Waals surface area (Å²) in [4.78, 5) is 11.8. The Hall–Kier alpha value is -1.91. The van der Waals surface area contributed by atoms with Crippen LogP contribution < -0.4 is 15.8 Å². The largest absolute Gasteiger partial charge is 0.492 e. The fraction of sp³-hybridized carbons (Fsp3) is 0.188. The van der Waals surface area contributed by atoms with E-state index in [1.807, 2.05) is 12.1 Å². The highest BCUT2D eigenvalue weighted by molar-refractivity contribution is 6.35. The predicted octanol–water partition coefficient (Wildman–Crippen LogP) is 4.37. The molecule has 0 radical (unpaired) electrons. The van der Waals surface area contributed by atoms with Crippen LogP contribution in [-0.4, -0.2) is 12.5 Å². The van der Waals surface area contributed by atoms with Gasteiger partial charge in [0.05, 0.1) is 23.0 Å². The third kappa shape index (κ3) is 4.83. The molecule has 4 nitrogen and oxygen atoms in total. The molecule has 1 amide bonds. The van der Waals surface area contributed by atoms with E-state index in [0.717, 1.165) is 0 Å². The first-order valence-corrected chi connectivity index (χ1v) is 7.54. The van der Waals surface area contributed by atoms with Crippen LogP contribution in [0.2, 0.25) is 10.0 Å². The van der Waals surface area contributed by atoms with Gasteiger partial charge in [0.1, 0.15) is 5.75 Å². The van der Waals surface area contributed by atoms with Gasteiger partial charge in [0.15, 0.2) is 0 Å². The number of nitrogens with one attached hydrogen (secondary N) is 1. The molecule has 2 aromatic carbocycles. The molecule has 6 heteroatoms. The number of nitrogens with two attached hydrogens (primary N) is 1. The second-order valence-corrected chi connectivity index (χ2v) is 5.51. The van der Waals surface area contributed by atoms with Gasteiger partial charge in [0.25, 0.3) is 0 Å². The van der Waals surface area contributed by atoms with Crippen molar-refractivity contribution < 1.29 is 9.53 Å². The number of carbonyl (C=O) groups is 1. The zero-order chi connectivity index (χ0) is 15.9. The number of hydrogen-bond donors (Lipinski definition) is 2. The van der Waals surface area contributed by atoms with E-state index in [-0.39, 0.29) is 5.91 Å². The number of benzene rings is 2. The molecule has 3 N–H and O–H groups in total.